The summed E-state index contributed by atoms with van der Waals surface area (Å²) >= 11 is 14.0. The number of piperidine rings is 1. The lowest BCUT2D eigenvalue weighted by molar-refractivity contribution is -0.152. The van der Waals surface area contributed by atoms with Crippen LogP contribution in [-0.4, -0.2) is 46.0 Å². The molecule has 3 aromatic rings. The number of anilines is 1. The van der Waals surface area contributed by atoms with E-state index in [4.69, 9.17) is 28.2 Å². The topological polar surface area (TPSA) is 73.7 Å². The molecule has 1 unspecified atom stereocenters. The Hall–Kier alpha value is -2.61. The van der Waals surface area contributed by atoms with Gasteiger partial charge >= 0.3 is 5.97 Å². The zero-order chi connectivity index (χ0) is 24.5. The molecule has 35 heavy (non-hydrogen) atoms. The molecule has 0 spiro atoms. The maximum atomic E-state index is 13.6. The average Bonchev–Trinajstić information content (AvgIpc) is 3.53. The van der Waals surface area contributed by atoms with Gasteiger partial charge in [-0.1, -0.05) is 53.5 Å². The summed E-state index contributed by atoms with van der Waals surface area (Å²) in [7, 11) is 0. The van der Waals surface area contributed by atoms with E-state index in [1.807, 2.05) is 47.8 Å². The number of likely N-dealkylation sites (tertiary alicyclic amines) is 1. The highest BCUT2D eigenvalue weighted by Gasteiger charge is 2.44. The molecule has 0 bridgehead atoms. The normalized spacial score (nSPS) is 20.9. The molecule has 182 valence electrons. The van der Waals surface area contributed by atoms with Crippen LogP contribution in [0.5, 0.6) is 0 Å². The van der Waals surface area contributed by atoms with E-state index in [-0.39, 0.29) is 17.9 Å². The molecule has 6 nitrogen and oxygen atoms in total. The molecule has 2 aliphatic rings. The quantitative estimate of drug-likeness (QED) is 0.429. The minimum atomic E-state index is -0.956. The van der Waals surface area contributed by atoms with Crippen LogP contribution in [0, 0.1) is 5.92 Å². The van der Waals surface area contributed by atoms with Gasteiger partial charge in [-0.2, -0.15) is 0 Å². The fraction of sp³-hybridized carbons (Fsp3) is 0.346. The van der Waals surface area contributed by atoms with Crippen molar-refractivity contribution in [1.29, 1.82) is 0 Å². The third-order valence-electron chi connectivity index (χ3n) is 6.94. The van der Waals surface area contributed by atoms with Crippen molar-refractivity contribution in [3.05, 3.63) is 69.5 Å². The van der Waals surface area contributed by atoms with Crippen LogP contribution in [0.4, 0.5) is 5.13 Å². The first-order valence-electron chi connectivity index (χ1n) is 11.7. The van der Waals surface area contributed by atoms with Crippen molar-refractivity contribution in [2.45, 2.75) is 37.8 Å². The molecule has 9 heteroatoms. The van der Waals surface area contributed by atoms with Crippen LogP contribution in [0.2, 0.25) is 10.0 Å². The van der Waals surface area contributed by atoms with Crippen LogP contribution in [0.25, 0.3) is 11.3 Å². The van der Waals surface area contributed by atoms with Crippen molar-refractivity contribution in [3.63, 3.8) is 0 Å². The fourth-order valence-electron chi connectivity index (χ4n) is 5.10. The molecule has 2 aromatic carbocycles. The first-order valence-corrected chi connectivity index (χ1v) is 13.3. The number of carboxylic acid groups (broad SMARTS) is 1. The number of thiazole rings is 1. The Morgan fingerprint density at radius 2 is 1.69 bits per heavy atom. The van der Waals surface area contributed by atoms with Crippen molar-refractivity contribution in [2.24, 2.45) is 5.92 Å². The summed E-state index contributed by atoms with van der Waals surface area (Å²) in [4.78, 5) is 34.2. The van der Waals surface area contributed by atoms with Gasteiger partial charge in [0.15, 0.2) is 5.13 Å². The Morgan fingerprint density at radius 1 is 0.971 bits per heavy atom. The summed E-state index contributed by atoms with van der Waals surface area (Å²) in [6, 6.07) is 13.9. The molecule has 2 saturated heterocycles. The summed E-state index contributed by atoms with van der Waals surface area (Å²) in [5.74, 6) is -1.25. The molecule has 2 fully saturated rings. The van der Waals surface area contributed by atoms with Crippen LogP contribution in [-0.2, 0) is 9.59 Å². The predicted molar refractivity (Wildman–Crippen MR) is 139 cm³/mol. The number of aliphatic carboxylic acids is 1. The molecular formula is C26H25Cl2N3O3S. The molecule has 0 radical (unpaired) electrons. The first kappa shape index (κ1) is 24.1. The molecular weight excluding hydrogens is 505 g/mol. The number of benzene rings is 2. The lowest BCUT2D eigenvalue weighted by Gasteiger charge is -2.36. The minimum absolute atomic E-state index is 0.0829. The van der Waals surface area contributed by atoms with Crippen molar-refractivity contribution >= 4 is 51.5 Å². The van der Waals surface area contributed by atoms with Gasteiger partial charge in [-0.05, 0) is 49.4 Å². The molecule has 1 N–H and O–H groups in total. The van der Waals surface area contributed by atoms with E-state index in [0.717, 1.165) is 22.0 Å². The van der Waals surface area contributed by atoms with E-state index in [1.54, 1.807) is 22.3 Å². The molecule has 3 heterocycles. The van der Waals surface area contributed by atoms with Crippen LogP contribution < -0.4 is 4.90 Å². The number of hydrogen-bond acceptors (Lipinski definition) is 5. The fourth-order valence-corrected chi connectivity index (χ4v) is 6.38. The average molecular weight is 530 g/mol. The van der Waals surface area contributed by atoms with Crippen molar-refractivity contribution in [1.82, 2.24) is 9.88 Å². The Balaban J connectivity index is 1.28. The summed E-state index contributed by atoms with van der Waals surface area (Å²) in [6.07, 6.45) is 2.35. The number of hydrogen-bond donors (Lipinski definition) is 1. The van der Waals surface area contributed by atoms with Gasteiger partial charge in [0.05, 0.1) is 11.7 Å². The second-order valence-corrected chi connectivity index (χ2v) is 10.7. The lowest BCUT2D eigenvalue weighted by Crippen LogP contribution is -2.47. The van der Waals surface area contributed by atoms with E-state index in [0.29, 0.717) is 48.8 Å². The van der Waals surface area contributed by atoms with E-state index in [1.165, 1.54) is 0 Å². The summed E-state index contributed by atoms with van der Waals surface area (Å²) in [5, 5.41) is 14.0. The van der Waals surface area contributed by atoms with Crippen molar-refractivity contribution in [2.75, 3.05) is 18.0 Å². The van der Waals surface area contributed by atoms with Gasteiger partial charge in [0, 0.05) is 40.0 Å². The summed E-state index contributed by atoms with van der Waals surface area (Å²) in [6.45, 7) is 1.40. The maximum absolute atomic E-state index is 13.6. The van der Waals surface area contributed by atoms with Gasteiger partial charge < -0.3 is 14.9 Å². The molecule has 5 rings (SSSR count). The number of carboxylic acids is 1. The Bertz CT molecular complexity index is 1220. The highest BCUT2D eigenvalue weighted by molar-refractivity contribution is 7.14. The standard InChI is InChI=1S/C26H25Cl2N3O3S/c27-18-7-5-16(6-8-18)21-15-35-26(29-21)30-13-11-17(12-14-30)24(32)31-22(9-10-23(31)25(33)34)19-3-1-2-4-20(19)28/h1-8,15,17,22-23H,9-14H2,(H,33,34)/t22?,23-/m0/s1. The maximum Gasteiger partial charge on any atom is 0.326 e. The van der Waals surface area contributed by atoms with Gasteiger partial charge in [0.1, 0.15) is 6.04 Å². The zero-order valence-corrected chi connectivity index (χ0v) is 21.3. The SMILES string of the molecule is O=C(O)[C@@H]1CCC(c2ccccc2Cl)N1C(=O)C1CCN(c2nc(-c3ccc(Cl)cc3)cs2)CC1. The van der Waals surface area contributed by atoms with Crippen LogP contribution in [0.1, 0.15) is 37.3 Å². The smallest absolute Gasteiger partial charge is 0.326 e. The second kappa shape index (κ2) is 10.2. The number of aromatic nitrogens is 1. The highest BCUT2D eigenvalue weighted by atomic mass is 35.5. The van der Waals surface area contributed by atoms with Crippen molar-refractivity contribution in [3.8, 4) is 11.3 Å². The van der Waals surface area contributed by atoms with Gasteiger partial charge in [0.25, 0.3) is 0 Å². The largest absolute Gasteiger partial charge is 0.480 e. The Morgan fingerprint density at radius 3 is 2.37 bits per heavy atom. The molecule has 0 saturated carbocycles. The number of carbonyl (C=O) groups excluding carboxylic acids is 1. The zero-order valence-electron chi connectivity index (χ0n) is 18.9. The lowest BCUT2D eigenvalue weighted by atomic mass is 9.94. The molecule has 1 aromatic heterocycles. The monoisotopic (exact) mass is 529 g/mol. The number of rotatable bonds is 5. The van der Waals surface area contributed by atoms with Gasteiger partial charge in [0.2, 0.25) is 5.91 Å². The first-order chi connectivity index (χ1) is 16.9. The number of nitrogens with zero attached hydrogens (tertiary/aromatic N) is 3. The Labute approximate surface area is 218 Å². The van der Waals surface area contributed by atoms with Crippen LogP contribution >= 0.6 is 34.5 Å². The Kier molecular flexibility index (Phi) is 7.00. The summed E-state index contributed by atoms with van der Waals surface area (Å²) < 4.78 is 0. The summed E-state index contributed by atoms with van der Waals surface area (Å²) in [5.41, 5.74) is 2.74. The molecule has 2 atom stereocenters. The van der Waals surface area contributed by atoms with E-state index < -0.39 is 12.0 Å². The van der Waals surface area contributed by atoms with E-state index in [9.17, 15) is 14.7 Å². The van der Waals surface area contributed by atoms with Crippen molar-refractivity contribution < 1.29 is 14.7 Å². The highest BCUT2D eigenvalue weighted by Crippen LogP contribution is 2.41. The van der Waals surface area contributed by atoms with Crippen LogP contribution in [0.3, 0.4) is 0 Å². The third-order valence-corrected chi connectivity index (χ3v) is 8.43. The number of halogens is 2. The minimum Gasteiger partial charge on any atom is -0.480 e. The molecule has 0 aliphatic carbocycles. The number of amides is 1. The number of carbonyl (C=O) groups is 2. The van der Waals surface area contributed by atoms with Gasteiger partial charge in [-0.25, -0.2) is 9.78 Å². The van der Waals surface area contributed by atoms with Gasteiger partial charge in [-0.15, -0.1) is 11.3 Å². The van der Waals surface area contributed by atoms with Gasteiger partial charge in [-0.3, -0.25) is 4.79 Å². The second-order valence-electron chi connectivity index (χ2n) is 9.00. The predicted octanol–water partition coefficient (Wildman–Crippen LogP) is 6.15. The molecule has 2 aliphatic heterocycles. The van der Waals surface area contributed by atoms with E-state index >= 15 is 0 Å². The molecule has 1 amide bonds. The van der Waals surface area contributed by atoms with E-state index in [2.05, 4.69) is 4.90 Å². The third kappa shape index (κ3) is 4.90. The van der Waals surface area contributed by atoms with Crippen LogP contribution in [0.15, 0.2) is 53.9 Å².